The van der Waals surface area contributed by atoms with E-state index in [1.807, 2.05) is 24.3 Å². The lowest BCUT2D eigenvalue weighted by atomic mass is 10.1. The van der Waals surface area contributed by atoms with E-state index in [9.17, 15) is 0 Å². The van der Waals surface area contributed by atoms with Crippen molar-refractivity contribution in [2.75, 3.05) is 0 Å². The van der Waals surface area contributed by atoms with Crippen LogP contribution >= 0.6 is 0 Å². The third-order valence-electron chi connectivity index (χ3n) is 10.1. The first kappa shape index (κ1) is 39.7. The van der Waals surface area contributed by atoms with Crippen LogP contribution in [0.4, 0.5) is 0 Å². The van der Waals surface area contributed by atoms with Crippen molar-refractivity contribution in [2.45, 2.75) is 76.0 Å². The molecular formula is C44H56O4Si4. The van der Waals surface area contributed by atoms with Crippen molar-refractivity contribution in [3.8, 4) is 0 Å². The van der Waals surface area contributed by atoms with E-state index in [1.165, 1.54) is 22.3 Å². The predicted molar refractivity (Wildman–Crippen MR) is 231 cm³/mol. The Morgan fingerprint density at radius 2 is 0.519 bits per heavy atom. The highest BCUT2D eigenvalue weighted by atomic mass is 28.5. The molecule has 8 heteroatoms. The van der Waals surface area contributed by atoms with Gasteiger partial charge in [-0.15, -0.1) is 0 Å². The number of hydrogen-bond donors (Lipinski definition) is 0. The number of hydrogen-bond acceptors (Lipinski definition) is 4. The summed E-state index contributed by atoms with van der Waals surface area (Å²) in [7, 11) is -11.3. The van der Waals surface area contributed by atoms with Crippen molar-refractivity contribution in [3.63, 3.8) is 0 Å². The van der Waals surface area contributed by atoms with Crippen molar-refractivity contribution >= 4 is 58.5 Å². The quantitative estimate of drug-likeness (QED) is 0.107. The van der Waals surface area contributed by atoms with Crippen LogP contribution in [0.25, 0.3) is 24.3 Å². The second kappa shape index (κ2) is 17.6. The maximum atomic E-state index is 7.52. The summed E-state index contributed by atoms with van der Waals surface area (Å²) in [4.78, 5) is 0. The fourth-order valence-corrected chi connectivity index (χ4v) is 30.1. The molecule has 4 aromatic carbocycles. The maximum Gasteiger partial charge on any atom is 0.317 e. The molecule has 5 rings (SSSR count). The molecule has 0 radical (unpaired) electrons. The highest BCUT2D eigenvalue weighted by Gasteiger charge is 2.56. The monoisotopic (exact) mass is 760 g/mol. The van der Waals surface area contributed by atoms with Crippen LogP contribution in [0.2, 0.25) is 50.4 Å². The second-order valence-corrected chi connectivity index (χ2v) is 29.1. The maximum absolute atomic E-state index is 7.52. The minimum atomic E-state index is -2.82. The Bertz CT molecular complexity index is 1520. The average Bonchev–Trinajstić information content (AvgIpc) is 3.15. The fraction of sp³-hybridized carbons (Fsp3) is 0.273. The second-order valence-electron chi connectivity index (χ2n) is 14.7. The molecule has 1 fully saturated rings. The van der Waals surface area contributed by atoms with Crippen molar-refractivity contribution in [1.82, 2.24) is 0 Å². The minimum Gasteiger partial charge on any atom is -0.416 e. The SMILES string of the molecule is C=Cc1ccc(CC[Si]2(C)O[Si](C)(CCc3ccc(C=C)cc3)O[Si](C)(CCc3ccc(C=C)cc3)O[Si](C)(CCc3ccc(C=C)cc3)O2)cc1. The first-order valence-corrected chi connectivity index (χ1v) is 28.6. The molecule has 0 amide bonds. The summed E-state index contributed by atoms with van der Waals surface area (Å²) in [5, 5.41) is 0. The van der Waals surface area contributed by atoms with Gasteiger partial charge >= 0.3 is 34.2 Å². The summed E-state index contributed by atoms with van der Waals surface area (Å²) in [6.07, 6.45) is 11.0. The van der Waals surface area contributed by atoms with Crippen LogP contribution in [-0.4, -0.2) is 34.2 Å². The normalized spacial score (nSPS) is 24.7. The van der Waals surface area contributed by atoms with Crippen LogP contribution in [0.5, 0.6) is 0 Å². The Balaban J connectivity index is 1.47. The van der Waals surface area contributed by atoms with Crippen LogP contribution in [0, 0.1) is 0 Å². The van der Waals surface area contributed by atoms with Gasteiger partial charge in [-0.25, -0.2) is 0 Å². The van der Waals surface area contributed by atoms with Gasteiger partial charge in [0.2, 0.25) is 0 Å². The topological polar surface area (TPSA) is 36.9 Å². The molecule has 1 heterocycles. The minimum absolute atomic E-state index is 0.828. The Morgan fingerprint density at radius 1 is 0.346 bits per heavy atom. The van der Waals surface area contributed by atoms with E-state index < -0.39 is 34.2 Å². The number of benzene rings is 4. The standard InChI is InChI=1S/C44H56O4Si4/c1-9-37-13-21-41(22-14-37)29-33-49(5)45-50(6,34-30-42-23-15-38(10-2)16-24-42)47-52(8,36-32-44-27-19-40(12-4)20-28-44)48-51(7,46-49)35-31-43-25-17-39(11-3)18-26-43/h9-28H,1-4,29-36H2,5-8H3. The summed E-state index contributed by atoms with van der Waals surface area (Å²) < 4.78 is 30.1. The van der Waals surface area contributed by atoms with E-state index in [4.69, 9.17) is 16.5 Å². The zero-order valence-corrected chi connectivity index (χ0v) is 35.7. The van der Waals surface area contributed by atoms with Gasteiger partial charge in [0.15, 0.2) is 0 Å². The Morgan fingerprint density at radius 3 is 0.673 bits per heavy atom. The summed E-state index contributed by atoms with van der Waals surface area (Å²) in [6, 6.07) is 38.0. The van der Waals surface area contributed by atoms with Crippen molar-refractivity contribution in [3.05, 3.63) is 168 Å². The Kier molecular flexibility index (Phi) is 13.4. The summed E-state index contributed by atoms with van der Waals surface area (Å²) in [5.41, 5.74) is 9.57. The Hall–Kier alpha value is -3.45. The lowest BCUT2D eigenvalue weighted by Gasteiger charge is -2.50. The molecule has 0 unspecified atom stereocenters. The molecule has 1 saturated heterocycles. The van der Waals surface area contributed by atoms with Gasteiger partial charge in [-0.3, -0.25) is 0 Å². The van der Waals surface area contributed by atoms with E-state index >= 15 is 0 Å². The van der Waals surface area contributed by atoms with Crippen molar-refractivity contribution < 1.29 is 16.5 Å². The molecular weight excluding hydrogens is 705 g/mol. The summed E-state index contributed by atoms with van der Waals surface area (Å²) in [6.45, 7) is 24.8. The predicted octanol–water partition coefficient (Wildman–Crippen LogP) is 11.9. The largest absolute Gasteiger partial charge is 0.416 e. The molecule has 0 N–H and O–H groups in total. The molecule has 0 spiro atoms. The van der Waals surface area contributed by atoms with Crippen LogP contribution in [0.3, 0.4) is 0 Å². The van der Waals surface area contributed by atoms with E-state index in [0.29, 0.717) is 0 Å². The van der Waals surface area contributed by atoms with E-state index in [1.54, 1.807) is 0 Å². The van der Waals surface area contributed by atoms with Gasteiger partial charge in [-0.1, -0.05) is 148 Å². The van der Waals surface area contributed by atoms with Crippen LogP contribution in [-0.2, 0) is 42.1 Å². The number of rotatable bonds is 16. The molecule has 0 saturated carbocycles. The first-order valence-electron chi connectivity index (χ1n) is 18.5. The van der Waals surface area contributed by atoms with Gasteiger partial charge in [0.25, 0.3) is 0 Å². The highest BCUT2D eigenvalue weighted by Crippen LogP contribution is 2.39. The molecule has 0 aliphatic carbocycles. The third-order valence-corrected chi connectivity index (χ3v) is 28.5. The van der Waals surface area contributed by atoms with Gasteiger partial charge in [-0.05, 0) is 121 Å². The molecule has 4 nitrogen and oxygen atoms in total. The van der Waals surface area contributed by atoms with E-state index in [0.717, 1.165) is 72.1 Å². The molecule has 52 heavy (non-hydrogen) atoms. The zero-order valence-electron chi connectivity index (χ0n) is 31.7. The third kappa shape index (κ3) is 11.3. The summed E-state index contributed by atoms with van der Waals surface area (Å²) >= 11 is 0. The van der Waals surface area contributed by atoms with Crippen LogP contribution in [0.1, 0.15) is 44.5 Å². The van der Waals surface area contributed by atoms with Crippen molar-refractivity contribution in [2.24, 2.45) is 0 Å². The molecule has 272 valence electrons. The molecule has 0 aromatic heterocycles. The lowest BCUT2D eigenvalue weighted by molar-refractivity contribution is 0.222. The highest BCUT2D eigenvalue weighted by molar-refractivity contribution is 6.94. The van der Waals surface area contributed by atoms with Gasteiger partial charge in [0.1, 0.15) is 0 Å². The molecule has 0 bridgehead atoms. The van der Waals surface area contributed by atoms with E-state index in [-0.39, 0.29) is 0 Å². The smallest absolute Gasteiger partial charge is 0.317 e. The van der Waals surface area contributed by atoms with Gasteiger partial charge in [0, 0.05) is 0 Å². The van der Waals surface area contributed by atoms with Crippen molar-refractivity contribution in [1.29, 1.82) is 0 Å². The van der Waals surface area contributed by atoms with Gasteiger partial charge in [0.05, 0.1) is 0 Å². The molecule has 1 aliphatic heterocycles. The summed E-state index contributed by atoms with van der Waals surface area (Å²) in [5.74, 6) is 0. The molecule has 1 aliphatic rings. The first-order chi connectivity index (χ1) is 24.9. The molecule has 0 atom stereocenters. The van der Waals surface area contributed by atoms with Crippen LogP contribution < -0.4 is 0 Å². The number of aryl methyl sites for hydroxylation is 4. The van der Waals surface area contributed by atoms with Crippen LogP contribution in [0.15, 0.2) is 123 Å². The van der Waals surface area contributed by atoms with Gasteiger partial charge in [-0.2, -0.15) is 0 Å². The molecule has 4 aromatic rings. The Labute approximate surface area is 317 Å². The van der Waals surface area contributed by atoms with E-state index in [2.05, 4.69) is 150 Å². The van der Waals surface area contributed by atoms with Gasteiger partial charge < -0.3 is 16.5 Å². The zero-order chi connectivity index (χ0) is 37.2. The fourth-order valence-electron chi connectivity index (χ4n) is 7.09. The average molecular weight is 761 g/mol. The lowest BCUT2D eigenvalue weighted by Crippen LogP contribution is -2.67.